The molecule has 0 aromatic carbocycles. The molecule has 0 rings (SSSR count). The molecule has 0 spiro atoms. The van der Waals surface area contributed by atoms with Gasteiger partial charge in [0, 0.05) is 0 Å². The van der Waals surface area contributed by atoms with Crippen LogP contribution in [0.3, 0.4) is 0 Å². The van der Waals surface area contributed by atoms with Crippen LogP contribution >= 0.6 is 0 Å². The largest absolute Gasteiger partial charge is 0.481 e. The number of carboxylic acid groups (broad SMARTS) is 2. The first-order valence-electron chi connectivity index (χ1n) is 6.17. The van der Waals surface area contributed by atoms with E-state index in [9.17, 15) is 19.2 Å². The smallest absolute Gasteiger partial charge is 0.408 e. The predicted octanol–water partition coefficient (Wildman–Crippen LogP) is -0.0563. The highest BCUT2D eigenvalue weighted by molar-refractivity contribution is 5.90. The van der Waals surface area contributed by atoms with Gasteiger partial charge in [0.15, 0.2) is 0 Å². The molecule has 9 nitrogen and oxygen atoms in total. The minimum absolute atomic E-state index is 0.743. The van der Waals surface area contributed by atoms with Crippen LogP contribution in [0.15, 0.2) is 0 Å². The maximum Gasteiger partial charge on any atom is 0.408 e. The normalized spacial score (nSPS) is 13.7. The van der Waals surface area contributed by atoms with E-state index in [2.05, 4.69) is 5.32 Å². The molecule has 21 heavy (non-hydrogen) atoms. The van der Waals surface area contributed by atoms with Gasteiger partial charge in [-0.1, -0.05) is 0 Å². The van der Waals surface area contributed by atoms with E-state index in [1.807, 2.05) is 5.32 Å². The van der Waals surface area contributed by atoms with Crippen molar-refractivity contribution in [3.63, 3.8) is 0 Å². The highest BCUT2D eigenvalue weighted by Crippen LogP contribution is 2.06. The van der Waals surface area contributed by atoms with Crippen LogP contribution in [0.4, 0.5) is 4.79 Å². The summed E-state index contributed by atoms with van der Waals surface area (Å²) < 4.78 is 4.94. The predicted molar refractivity (Wildman–Crippen MR) is 70.7 cm³/mol. The van der Waals surface area contributed by atoms with Crippen molar-refractivity contribution in [2.24, 2.45) is 0 Å². The van der Waals surface area contributed by atoms with Crippen molar-refractivity contribution >= 4 is 23.9 Å². The number of aliphatic carboxylic acids is 2. The Bertz CT molecular complexity index is 428. The molecule has 4 N–H and O–H groups in total. The van der Waals surface area contributed by atoms with E-state index in [1.54, 1.807) is 20.8 Å². The molecule has 120 valence electrons. The second-order valence-electron chi connectivity index (χ2n) is 5.37. The zero-order valence-corrected chi connectivity index (χ0v) is 12.3. The Kier molecular flexibility index (Phi) is 6.64. The number of alkyl carbamates (subject to hydrolysis) is 1. The molecule has 2 atom stereocenters. The van der Waals surface area contributed by atoms with Gasteiger partial charge in [0.25, 0.3) is 0 Å². The number of amides is 2. The number of rotatable bonds is 6. The Labute approximate surface area is 121 Å². The molecule has 0 heterocycles. The van der Waals surface area contributed by atoms with Crippen LogP contribution in [0, 0.1) is 0 Å². The lowest BCUT2D eigenvalue weighted by Gasteiger charge is -2.22. The number of carboxylic acids is 2. The van der Waals surface area contributed by atoms with E-state index < -0.39 is 48.0 Å². The Morgan fingerprint density at radius 3 is 2.00 bits per heavy atom. The maximum absolute atomic E-state index is 11.7. The average Bonchev–Trinajstić information content (AvgIpc) is 2.24. The maximum atomic E-state index is 11.7. The highest BCUT2D eigenvalue weighted by atomic mass is 16.6. The Hall–Kier alpha value is -2.32. The van der Waals surface area contributed by atoms with E-state index in [1.165, 1.54) is 6.92 Å². The van der Waals surface area contributed by atoms with Gasteiger partial charge in [-0.15, -0.1) is 0 Å². The molecule has 0 aliphatic heterocycles. The lowest BCUT2D eigenvalue weighted by Crippen LogP contribution is -2.51. The summed E-state index contributed by atoms with van der Waals surface area (Å²) in [5.74, 6) is -3.67. The molecule has 0 saturated carbocycles. The van der Waals surface area contributed by atoms with Crippen molar-refractivity contribution < 1.29 is 34.1 Å². The number of ether oxygens (including phenoxy) is 1. The van der Waals surface area contributed by atoms with Crippen LogP contribution < -0.4 is 10.6 Å². The molecule has 0 aliphatic rings. The molecule has 0 bridgehead atoms. The molecule has 2 amide bonds. The van der Waals surface area contributed by atoms with E-state index in [0.717, 1.165) is 0 Å². The van der Waals surface area contributed by atoms with Crippen LogP contribution in [-0.4, -0.2) is 51.8 Å². The van der Waals surface area contributed by atoms with Crippen LogP contribution in [0.2, 0.25) is 0 Å². The van der Waals surface area contributed by atoms with Gasteiger partial charge in [-0.2, -0.15) is 0 Å². The number of carbonyl (C=O) groups is 4. The van der Waals surface area contributed by atoms with E-state index in [4.69, 9.17) is 14.9 Å². The van der Waals surface area contributed by atoms with Crippen molar-refractivity contribution in [3.05, 3.63) is 0 Å². The van der Waals surface area contributed by atoms with Gasteiger partial charge in [-0.25, -0.2) is 9.59 Å². The summed E-state index contributed by atoms with van der Waals surface area (Å²) in [6, 6.07) is -2.65. The van der Waals surface area contributed by atoms with Crippen LogP contribution in [-0.2, 0) is 19.1 Å². The summed E-state index contributed by atoms with van der Waals surface area (Å²) in [5.41, 5.74) is -0.743. The quantitative estimate of drug-likeness (QED) is 0.538. The second-order valence-corrected chi connectivity index (χ2v) is 5.37. The molecule has 0 aromatic rings. The molecule has 0 fully saturated rings. The molecule has 2 unspecified atom stereocenters. The third-order valence-corrected chi connectivity index (χ3v) is 2.12. The van der Waals surface area contributed by atoms with Gasteiger partial charge in [0.05, 0.1) is 6.42 Å². The summed E-state index contributed by atoms with van der Waals surface area (Å²) >= 11 is 0. The number of hydrogen-bond acceptors (Lipinski definition) is 5. The summed E-state index contributed by atoms with van der Waals surface area (Å²) in [4.78, 5) is 44.5. The first-order chi connectivity index (χ1) is 9.42. The van der Waals surface area contributed by atoms with E-state index in [-0.39, 0.29) is 0 Å². The fraction of sp³-hybridized carbons (Fsp3) is 0.667. The third-order valence-electron chi connectivity index (χ3n) is 2.12. The molecule has 0 aromatic heterocycles. The van der Waals surface area contributed by atoms with Gasteiger partial charge >= 0.3 is 18.0 Å². The Morgan fingerprint density at radius 1 is 1.10 bits per heavy atom. The Balaban J connectivity index is 4.53. The zero-order valence-electron chi connectivity index (χ0n) is 12.3. The van der Waals surface area contributed by atoms with Gasteiger partial charge in [-0.05, 0) is 27.7 Å². The zero-order chi connectivity index (χ0) is 16.8. The number of hydrogen-bond donors (Lipinski definition) is 4. The lowest BCUT2D eigenvalue weighted by molar-refractivity contribution is -0.147. The summed E-state index contributed by atoms with van der Waals surface area (Å²) in [6.07, 6.45) is -1.60. The summed E-state index contributed by atoms with van der Waals surface area (Å²) in [5, 5.41) is 21.6. The number of nitrogens with one attached hydrogen (secondary N) is 2. The third kappa shape index (κ3) is 8.45. The minimum atomic E-state index is -1.57. The molecular formula is C12H20N2O7. The topological polar surface area (TPSA) is 142 Å². The SMILES string of the molecule is CC(NC(=O)OC(C)(C)C)C(=O)NC(CC(=O)O)C(=O)O. The lowest BCUT2D eigenvalue weighted by atomic mass is 10.2. The fourth-order valence-corrected chi connectivity index (χ4v) is 1.22. The number of carbonyl (C=O) groups excluding carboxylic acids is 2. The Morgan fingerprint density at radius 2 is 1.62 bits per heavy atom. The molecular weight excluding hydrogens is 284 g/mol. The second kappa shape index (κ2) is 7.46. The monoisotopic (exact) mass is 304 g/mol. The van der Waals surface area contributed by atoms with Crippen molar-refractivity contribution in [2.45, 2.75) is 51.8 Å². The van der Waals surface area contributed by atoms with Crippen molar-refractivity contribution in [1.29, 1.82) is 0 Å². The van der Waals surface area contributed by atoms with Crippen LogP contribution in [0.25, 0.3) is 0 Å². The summed E-state index contributed by atoms with van der Waals surface area (Å²) in [7, 11) is 0. The molecule has 9 heteroatoms. The van der Waals surface area contributed by atoms with Gasteiger partial charge in [-0.3, -0.25) is 9.59 Å². The van der Waals surface area contributed by atoms with Crippen molar-refractivity contribution in [1.82, 2.24) is 10.6 Å². The average molecular weight is 304 g/mol. The van der Waals surface area contributed by atoms with Crippen molar-refractivity contribution in [2.75, 3.05) is 0 Å². The molecule has 0 saturated heterocycles. The van der Waals surface area contributed by atoms with Gasteiger partial charge < -0.3 is 25.6 Å². The first kappa shape index (κ1) is 18.7. The minimum Gasteiger partial charge on any atom is -0.481 e. The van der Waals surface area contributed by atoms with Crippen LogP contribution in [0.1, 0.15) is 34.1 Å². The fourth-order valence-electron chi connectivity index (χ4n) is 1.22. The van der Waals surface area contributed by atoms with Crippen LogP contribution in [0.5, 0.6) is 0 Å². The molecule has 0 aliphatic carbocycles. The molecule has 0 radical (unpaired) electrons. The van der Waals surface area contributed by atoms with E-state index in [0.29, 0.717) is 0 Å². The summed E-state index contributed by atoms with van der Waals surface area (Å²) in [6.45, 7) is 6.25. The highest BCUT2D eigenvalue weighted by Gasteiger charge is 2.27. The van der Waals surface area contributed by atoms with Crippen molar-refractivity contribution in [3.8, 4) is 0 Å². The standard InChI is InChI=1S/C12H20N2O7/c1-6(13-11(20)21-12(2,3)4)9(17)14-7(10(18)19)5-8(15)16/h6-7H,5H2,1-4H3,(H,13,20)(H,14,17)(H,15,16)(H,18,19). The van der Waals surface area contributed by atoms with Gasteiger partial charge in [0.1, 0.15) is 17.7 Å². The van der Waals surface area contributed by atoms with Gasteiger partial charge in [0.2, 0.25) is 5.91 Å². The van der Waals surface area contributed by atoms with E-state index >= 15 is 0 Å². The first-order valence-corrected chi connectivity index (χ1v) is 6.17.